The van der Waals surface area contributed by atoms with Gasteiger partial charge < -0.3 is 4.90 Å². The zero-order valence-corrected chi connectivity index (χ0v) is 12.9. The smallest absolute Gasteiger partial charge is 0.223 e. The SMILES string of the molecule is O=C(CCc1nn[nH]n1)N1C2C=C(c3cccs3)CC1CC2. The number of tetrazole rings is 1. The van der Waals surface area contributed by atoms with Crippen LogP contribution >= 0.6 is 11.3 Å². The molecule has 114 valence electrons. The van der Waals surface area contributed by atoms with Crippen molar-refractivity contribution in [3.8, 4) is 0 Å². The highest BCUT2D eigenvalue weighted by molar-refractivity contribution is 7.11. The van der Waals surface area contributed by atoms with Crippen LogP contribution < -0.4 is 0 Å². The molecule has 1 N–H and O–H groups in total. The molecule has 4 heterocycles. The first-order valence-electron chi connectivity index (χ1n) is 7.59. The van der Waals surface area contributed by atoms with E-state index < -0.39 is 0 Å². The van der Waals surface area contributed by atoms with Crippen LogP contribution in [0.3, 0.4) is 0 Å². The molecule has 7 heteroatoms. The maximum atomic E-state index is 12.6. The largest absolute Gasteiger partial charge is 0.333 e. The minimum Gasteiger partial charge on any atom is -0.333 e. The fourth-order valence-corrected chi connectivity index (χ4v) is 4.26. The van der Waals surface area contributed by atoms with Gasteiger partial charge in [-0.25, -0.2) is 0 Å². The number of H-pyrrole nitrogens is 1. The van der Waals surface area contributed by atoms with Crippen molar-refractivity contribution < 1.29 is 4.79 Å². The molecule has 1 amide bonds. The summed E-state index contributed by atoms with van der Waals surface area (Å²) in [7, 11) is 0. The zero-order valence-electron chi connectivity index (χ0n) is 12.1. The molecule has 6 nitrogen and oxygen atoms in total. The molecule has 22 heavy (non-hydrogen) atoms. The number of thiophene rings is 1. The van der Waals surface area contributed by atoms with E-state index in [1.807, 2.05) is 0 Å². The average Bonchev–Trinajstić information content (AvgIpc) is 3.25. The van der Waals surface area contributed by atoms with Crippen molar-refractivity contribution in [1.29, 1.82) is 0 Å². The van der Waals surface area contributed by atoms with E-state index in [0.717, 1.165) is 19.3 Å². The van der Waals surface area contributed by atoms with Gasteiger partial charge in [0.15, 0.2) is 5.82 Å². The topological polar surface area (TPSA) is 74.8 Å². The van der Waals surface area contributed by atoms with Crippen LogP contribution in [-0.4, -0.2) is 43.5 Å². The third-order valence-corrected chi connectivity index (χ3v) is 5.42. The highest BCUT2D eigenvalue weighted by Crippen LogP contribution is 2.39. The Labute approximate surface area is 132 Å². The lowest BCUT2D eigenvalue weighted by Crippen LogP contribution is -2.43. The molecule has 0 saturated carbocycles. The molecule has 2 aliphatic heterocycles. The number of nitrogens with one attached hydrogen (secondary N) is 1. The van der Waals surface area contributed by atoms with Crippen molar-refractivity contribution in [1.82, 2.24) is 25.5 Å². The van der Waals surface area contributed by atoms with Gasteiger partial charge in [0.05, 0.1) is 6.04 Å². The molecule has 0 spiro atoms. The summed E-state index contributed by atoms with van der Waals surface area (Å²) in [5.74, 6) is 0.811. The maximum Gasteiger partial charge on any atom is 0.223 e. The summed E-state index contributed by atoms with van der Waals surface area (Å²) in [6, 6.07) is 4.87. The molecule has 2 aromatic heterocycles. The lowest BCUT2D eigenvalue weighted by molar-refractivity contribution is -0.133. The van der Waals surface area contributed by atoms with Crippen molar-refractivity contribution in [3.05, 3.63) is 34.3 Å². The molecule has 2 bridgehead atoms. The standard InChI is InChI=1S/C15H17N5OS/c21-15(6-5-14-16-18-19-17-14)20-11-3-4-12(20)9-10(8-11)13-2-1-7-22-13/h1-2,7-8,11-12H,3-6,9H2,(H,16,17,18,19). The van der Waals surface area contributed by atoms with E-state index in [4.69, 9.17) is 0 Å². The lowest BCUT2D eigenvalue weighted by Gasteiger charge is -2.34. The molecular formula is C15H17N5OS. The lowest BCUT2D eigenvalue weighted by atomic mass is 9.99. The van der Waals surface area contributed by atoms with Gasteiger partial charge in [-0.15, -0.1) is 21.5 Å². The van der Waals surface area contributed by atoms with Crippen LogP contribution in [0.1, 0.15) is 36.4 Å². The van der Waals surface area contributed by atoms with E-state index in [-0.39, 0.29) is 11.9 Å². The van der Waals surface area contributed by atoms with Crippen LogP contribution in [0.5, 0.6) is 0 Å². The molecule has 2 aromatic rings. The minimum atomic E-state index is 0.207. The van der Waals surface area contributed by atoms with Gasteiger partial charge in [-0.2, -0.15) is 5.21 Å². The third-order valence-electron chi connectivity index (χ3n) is 4.47. The van der Waals surface area contributed by atoms with Gasteiger partial charge in [0, 0.05) is 23.8 Å². The van der Waals surface area contributed by atoms with Gasteiger partial charge in [-0.05, 0) is 36.3 Å². The number of aryl methyl sites for hydroxylation is 1. The Morgan fingerprint density at radius 1 is 1.45 bits per heavy atom. The third kappa shape index (κ3) is 2.45. The van der Waals surface area contributed by atoms with Crippen molar-refractivity contribution in [2.75, 3.05) is 0 Å². The minimum absolute atomic E-state index is 0.207. The van der Waals surface area contributed by atoms with E-state index in [1.165, 1.54) is 10.5 Å². The first-order valence-corrected chi connectivity index (χ1v) is 8.47. The van der Waals surface area contributed by atoms with Crippen molar-refractivity contribution in [3.63, 3.8) is 0 Å². The number of nitrogens with zero attached hydrogens (tertiary/aromatic N) is 4. The van der Waals surface area contributed by atoms with Crippen LogP contribution in [0.2, 0.25) is 0 Å². The molecule has 0 radical (unpaired) electrons. The number of aromatic nitrogens is 4. The number of carbonyl (C=O) groups excluding carboxylic acids is 1. The van der Waals surface area contributed by atoms with E-state index in [1.54, 1.807) is 11.3 Å². The molecular weight excluding hydrogens is 298 g/mol. The van der Waals surface area contributed by atoms with Gasteiger partial charge in [-0.1, -0.05) is 17.4 Å². The van der Waals surface area contributed by atoms with Crippen molar-refractivity contribution >= 4 is 22.8 Å². The monoisotopic (exact) mass is 315 g/mol. The number of aromatic amines is 1. The Kier molecular flexibility index (Phi) is 3.49. The van der Waals surface area contributed by atoms with Crippen LogP contribution in [0.4, 0.5) is 0 Å². The Morgan fingerprint density at radius 2 is 2.41 bits per heavy atom. The number of hydrogen-bond acceptors (Lipinski definition) is 5. The molecule has 1 saturated heterocycles. The van der Waals surface area contributed by atoms with E-state index in [9.17, 15) is 4.79 Å². The number of rotatable bonds is 4. The van der Waals surface area contributed by atoms with Gasteiger partial charge in [0.25, 0.3) is 0 Å². The van der Waals surface area contributed by atoms with E-state index >= 15 is 0 Å². The summed E-state index contributed by atoms with van der Waals surface area (Å²) in [6.07, 6.45) is 6.45. The predicted octanol–water partition coefficient (Wildman–Crippen LogP) is 2.04. The summed E-state index contributed by atoms with van der Waals surface area (Å²) >= 11 is 1.78. The maximum absolute atomic E-state index is 12.6. The van der Waals surface area contributed by atoms with E-state index in [2.05, 4.69) is 49.1 Å². The summed E-state index contributed by atoms with van der Waals surface area (Å²) in [5, 5.41) is 15.9. The fraction of sp³-hybridized carbons (Fsp3) is 0.467. The van der Waals surface area contributed by atoms with Crippen LogP contribution in [-0.2, 0) is 11.2 Å². The second-order valence-electron chi connectivity index (χ2n) is 5.80. The second kappa shape index (κ2) is 5.64. The zero-order chi connectivity index (χ0) is 14.9. The summed E-state index contributed by atoms with van der Waals surface area (Å²) in [4.78, 5) is 16.0. The summed E-state index contributed by atoms with van der Waals surface area (Å²) in [6.45, 7) is 0. The van der Waals surface area contributed by atoms with E-state index in [0.29, 0.717) is 24.7 Å². The van der Waals surface area contributed by atoms with Gasteiger partial charge in [0.1, 0.15) is 0 Å². The predicted molar refractivity (Wildman–Crippen MR) is 83.1 cm³/mol. The van der Waals surface area contributed by atoms with Crippen molar-refractivity contribution in [2.24, 2.45) is 0 Å². The normalized spacial score (nSPS) is 23.6. The number of amides is 1. The molecule has 2 atom stereocenters. The molecule has 2 unspecified atom stereocenters. The first kappa shape index (κ1) is 13.6. The Morgan fingerprint density at radius 3 is 3.14 bits per heavy atom. The van der Waals surface area contributed by atoms with Crippen LogP contribution in [0, 0.1) is 0 Å². The van der Waals surface area contributed by atoms with Gasteiger partial charge in [0.2, 0.25) is 5.91 Å². The Bertz CT molecular complexity index is 679. The average molecular weight is 315 g/mol. The number of carbonyl (C=O) groups is 1. The molecule has 2 aliphatic rings. The highest BCUT2D eigenvalue weighted by atomic mass is 32.1. The Hall–Kier alpha value is -2.02. The second-order valence-corrected chi connectivity index (χ2v) is 6.75. The number of fused-ring (bicyclic) bond motifs is 2. The number of hydrogen-bond donors (Lipinski definition) is 1. The Balaban J connectivity index is 1.46. The van der Waals surface area contributed by atoms with Gasteiger partial charge in [-0.3, -0.25) is 4.79 Å². The summed E-state index contributed by atoms with van der Waals surface area (Å²) in [5.41, 5.74) is 1.41. The molecule has 1 fully saturated rings. The van der Waals surface area contributed by atoms with Crippen molar-refractivity contribution in [2.45, 2.75) is 44.2 Å². The molecule has 0 aromatic carbocycles. The van der Waals surface area contributed by atoms with Crippen LogP contribution in [0.25, 0.3) is 5.57 Å². The highest BCUT2D eigenvalue weighted by Gasteiger charge is 2.39. The molecule has 4 rings (SSSR count). The first-order chi connectivity index (χ1) is 10.8. The van der Waals surface area contributed by atoms with Crippen LogP contribution in [0.15, 0.2) is 23.6 Å². The quantitative estimate of drug-likeness (QED) is 0.937. The van der Waals surface area contributed by atoms with Gasteiger partial charge >= 0.3 is 0 Å². The fourth-order valence-electron chi connectivity index (χ4n) is 3.50. The summed E-state index contributed by atoms with van der Waals surface area (Å²) < 4.78 is 0. The molecule has 0 aliphatic carbocycles.